The van der Waals surface area contributed by atoms with E-state index in [4.69, 9.17) is 4.52 Å². The second-order valence-electron chi connectivity index (χ2n) is 12.3. The number of nitrogens with zero attached hydrogens (tertiary/aromatic N) is 6. The van der Waals surface area contributed by atoms with Crippen LogP contribution in [0.5, 0.6) is 0 Å². The number of carbonyl (C=O) groups excluding carboxylic acids is 1. The molecule has 250 valence electrons. The highest BCUT2D eigenvalue weighted by molar-refractivity contribution is 5.89. The highest BCUT2D eigenvalue weighted by Gasteiger charge is 2.22. The van der Waals surface area contributed by atoms with Gasteiger partial charge in [0, 0.05) is 38.8 Å². The van der Waals surface area contributed by atoms with E-state index in [0.717, 1.165) is 17.4 Å². The minimum atomic E-state index is -0.194. The quantitative estimate of drug-likeness (QED) is 0.206. The third-order valence-electron chi connectivity index (χ3n) is 7.11. The minimum Gasteiger partial charge on any atom is -0.338 e. The molecule has 0 bridgehead atoms. The molecule has 5 rings (SSSR count). The molecule has 1 aliphatic rings. The average molecular weight is 621 g/mol. The Morgan fingerprint density at radius 1 is 1.02 bits per heavy atom. The van der Waals surface area contributed by atoms with Gasteiger partial charge in [-0.3, -0.25) is 9.48 Å². The van der Waals surface area contributed by atoms with Crippen LogP contribution in [0.15, 0.2) is 47.4 Å². The Morgan fingerprint density at radius 2 is 1.71 bits per heavy atom. The summed E-state index contributed by atoms with van der Waals surface area (Å²) in [6.07, 6.45) is 12.2. The predicted molar refractivity (Wildman–Crippen MR) is 188 cm³/mol. The van der Waals surface area contributed by atoms with Crippen molar-refractivity contribution in [3.8, 4) is 11.3 Å². The van der Waals surface area contributed by atoms with Crippen LogP contribution in [0.25, 0.3) is 11.3 Å². The Hall–Kier alpha value is -3.68. The summed E-state index contributed by atoms with van der Waals surface area (Å²) in [5.74, 6) is 2.81. The fraction of sp³-hybridized carbons (Fsp3) is 0.568. The van der Waals surface area contributed by atoms with Gasteiger partial charge < -0.3 is 4.52 Å². The van der Waals surface area contributed by atoms with Crippen molar-refractivity contribution in [3.63, 3.8) is 0 Å². The van der Waals surface area contributed by atoms with Crippen molar-refractivity contribution in [1.29, 1.82) is 0 Å². The maximum atomic E-state index is 10.8. The molecule has 3 heterocycles. The Labute approximate surface area is 274 Å². The Bertz CT molecular complexity index is 1410. The maximum absolute atomic E-state index is 10.8. The van der Waals surface area contributed by atoms with Crippen molar-refractivity contribution in [2.45, 2.75) is 127 Å². The van der Waals surface area contributed by atoms with E-state index in [1.54, 1.807) is 10.2 Å². The lowest BCUT2D eigenvalue weighted by Gasteiger charge is -2.19. The molecule has 0 aliphatic heterocycles. The molecule has 3 aromatic heterocycles. The third kappa shape index (κ3) is 13.5. The van der Waals surface area contributed by atoms with Crippen LogP contribution in [0.4, 0.5) is 0 Å². The molecule has 1 aromatic carbocycles. The number of benzene rings is 1. The van der Waals surface area contributed by atoms with Crippen molar-refractivity contribution >= 4 is 5.78 Å². The van der Waals surface area contributed by atoms with Gasteiger partial charge in [0.1, 0.15) is 5.82 Å². The van der Waals surface area contributed by atoms with E-state index in [1.807, 2.05) is 94.0 Å². The third-order valence-corrected chi connectivity index (χ3v) is 7.11. The average Bonchev–Trinajstić information content (AvgIpc) is 3.68. The fourth-order valence-electron chi connectivity index (χ4n) is 4.95. The Morgan fingerprint density at radius 3 is 2.20 bits per heavy atom. The van der Waals surface area contributed by atoms with E-state index in [9.17, 15) is 4.79 Å². The van der Waals surface area contributed by atoms with Gasteiger partial charge >= 0.3 is 0 Å². The van der Waals surface area contributed by atoms with E-state index < -0.39 is 0 Å². The molecule has 0 radical (unpaired) electrons. The van der Waals surface area contributed by atoms with E-state index in [-0.39, 0.29) is 18.4 Å². The van der Waals surface area contributed by atoms with Crippen LogP contribution in [-0.2, 0) is 18.9 Å². The van der Waals surface area contributed by atoms with E-state index in [2.05, 4.69) is 57.3 Å². The van der Waals surface area contributed by atoms with Crippen LogP contribution in [0, 0.1) is 19.8 Å². The molecular formula is C37H60N6O2. The first-order chi connectivity index (χ1) is 21.3. The van der Waals surface area contributed by atoms with Gasteiger partial charge in [0.05, 0.1) is 11.9 Å². The van der Waals surface area contributed by atoms with Crippen molar-refractivity contribution in [1.82, 2.24) is 29.9 Å². The zero-order valence-electron chi connectivity index (χ0n) is 30.2. The lowest BCUT2D eigenvalue weighted by molar-refractivity contribution is 0.100. The Balaban J connectivity index is 0.000000710. The van der Waals surface area contributed by atoms with Gasteiger partial charge in [-0.25, -0.2) is 9.97 Å². The molecule has 1 aliphatic carbocycles. The summed E-state index contributed by atoms with van der Waals surface area (Å²) in [5.41, 5.74) is 6.35. The largest absolute Gasteiger partial charge is 0.338 e. The predicted octanol–water partition coefficient (Wildman–Crippen LogP) is 9.90. The molecule has 0 fully saturated rings. The van der Waals surface area contributed by atoms with E-state index >= 15 is 0 Å². The molecule has 0 N–H and O–H groups in total. The number of hydrogen-bond donors (Lipinski definition) is 0. The highest BCUT2D eigenvalue weighted by atomic mass is 16.5. The smallest absolute Gasteiger partial charge is 0.238 e. The van der Waals surface area contributed by atoms with E-state index in [1.165, 1.54) is 55.7 Å². The summed E-state index contributed by atoms with van der Waals surface area (Å²) in [6, 6.07) is 8.95. The second kappa shape index (κ2) is 19.7. The van der Waals surface area contributed by atoms with Gasteiger partial charge in [-0.15, -0.1) is 0 Å². The number of aromatic nitrogens is 6. The van der Waals surface area contributed by atoms with Crippen molar-refractivity contribution < 1.29 is 10.7 Å². The van der Waals surface area contributed by atoms with Gasteiger partial charge in [0.15, 0.2) is 0 Å². The summed E-state index contributed by atoms with van der Waals surface area (Å²) in [5, 5.41) is 7.48. The molecule has 0 saturated carbocycles. The first kappa shape index (κ1) is 39.3. The van der Waals surface area contributed by atoms with Gasteiger partial charge in [-0.2, -0.15) is 10.1 Å². The molecule has 0 spiro atoms. The maximum Gasteiger partial charge on any atom is 0.238 e. The van der Waals surface area contributed by atoms with Gasteiger partial charge in [-0.1, -0.05) is 92.4 Å². The molecule has 8 nitrogen and oxygen atoms in total. The van der Waals surface area contributed by atoms with Crippen LogP contribution in [-0.4, -0.2) is 35.7 Å². The van der Waals surface area contributed by atoms with Crippen LogP contribution in [0.3, 0.4) is 0 Å². The van der Waals surface area contributed by atoms with E-state index in [0.29, 0.717) is 11.8 Å². The topological polar surface area (TPSA) is 99.6 Å². The number of carbonyl (C=O) groups is 1. The first-order valence-corrected chi connectivity index (χ1v) is 16.6. The molecule has 4 aromatic rings. The standard InChI is InChI=1S/C20H26N2.C8H12N2O2.C5H8N2.2C2H6.H2/c1-14-6-4-5-7-17-13-18(8-9-19(17)15(2)12-14)20-10-11-21-16(3)22-20;1-5(11)6-9-7(12-10-6)8(2,3)4;1-5-3-6-7(2)4-5;2*1-2;/h8-11,13-15H,4-7,12H2,1-3H3;1-4H3;3-4H,1-2H3;2*1-2H3;1H. The second-order valence-corrected chi connectivity index (χ2v) is 12.3. The van der Waals surface area contributed by atoms with Gasteiger partial charge in [-0.05, 0) is 73.8 Å². The van der Waals surface area contributed by atoms with Crippen LogP contribution >= 0.6 is 0 Å². The zero-order valence-corrected chi connectivity index (χ0v) is 30.2. The van der Waals surface area contributed by atoms with Crippen molar-refractivity contribution in [2.24, 2.45) is 13.0 Å². The minimum absolute atomic E-state index is 0. The normalized spacial score (nSPS) is 15.8. The summed E-state index contributed by atoms with van der Waals surface area (Å²) in [4.78, 5) is 23.5. The molecule has 45 heavy (non-hydrogen) atoms. The number of aryl methyl sites for hydroxylation is 4. The van der Waals surface area contributed by atoms with Crippen LogP contribution in [0.2, 0.25) is 0 Å². The molecular weight excluding hydrogens is 560 g/mol. The molecule has 0 amide bonds. The highest BCUT2D eigenvalue weighted by Crippen LogP contribution is 2.33. The van der Waals surface area contributed by atoms with Gasteiger partial charge in [0.25, 0.3) is 0 Å². The van der Waals surface area contributed by atoms with Gasteiger partial charge in [0.2, 0.25) is 17.5 Å². The fourth-order valence-corrected chi connectivity index (χ4v) is 4.95. The van der Waals surface area contributed by atoms with Crippen molar-refractivity contribution in [2.75, 3.05) is 0 Å². The summed E-state index contributed by atoms with van der Waals surface area (Å²) >= 11 is 0. The molecule has 8 heteroatoms. The van der Waals surface area contributed by atoms with Crippen LogP contribution in [0.1, 0.15) is 141 Å². The monoisotopic (exact) mass is 620 g/mol. The summed E-state index contributed by atoms with van der Waals surface area (Å²) in [6.45, 7) is 24.0. The molecule has 0 saturated heterocycles. The van der Waals surface area contributed by atoms with Crippen molar-refractivity contribution in [3.05, 3.63) is 77.1 Å². The number of ketones is 1. The summed E-state index contributed by atoms with van der Waals surface area (Å²) < 4.78 is 6.70. The Kier molecular flexibility index (Phi) is 17.2. The van der Waals surface area contributed by atoms with Crippen LogP contribution < -0.4 is 0 Å². The first-order valence-electron chi connectivity index (χ1n) is 16.6. The number of Topliss-reactive ketones (excluding diaryl/α,β-unsaturated/α-hetero) is 1. The summed E-state index contributed by atoms with van der Waals surface area (Å²) in [7, 11) is 1.91. The number of rotatable bonds is 2. The lowest BCUT2D eigenvalue weighted by Crippen LogP contribution is -2.11. The number of hydrogen-bond acceptors (Lipinski definition) is 7. The molecule has 2 atom stereocenters. The molecule has 2 unspecified atom stereocenters. The SMILES string of the molecule is CC.CC.CC(=O)c1noc(C(C)(C)C)n1.Cc1cnn(C)c1.Cc1nccc(-c2ccc3c(c2)CCCCC(C)CC3C)n1.[HH]. The number of fused-ring (bicyclic) bond motifs is 1. The zero-order chi connectivity index (χ0) is 34.2. The lowest BCUT2D eigenvalue weighted by atomic mass is 9.87.